The van der Waals surface area contributed by atoms with Gasteiger partial charge in [0.25, 0.3) is 5.91 Å². The molecule has 1 aliphatic rings. The van der Waals surface area contributed by atoms with Gasteiger partial charge in [-0.3, -0.25) is 13.9 Å². The number of nitrogens with zero attached hydrogens (tertiary/aromatic N) is 1. The van der Waals surface area contributed by atoms with Crippen molar-refractivity contribution < 1.29 is 18.0 Å². The standard InChI is InChI=1S/C16H23N3O4S/c1-2-9-17-15(20)8-10-18-16(21)13-4-6-14(7-5-13)19-11-3-12-24(19,22)23/h4-7H,2-3,8-12H2,1H3,(H,17,20)(H,18,21). The van der Waals surface area contributed by atoms with E-state index in [9.17, 15) is 18.0 Å². The highest BCUT2D eigenvalue weighted by Gasteiger charge is 2.28. The van der Waals surface area contributed by atoms with E-state index in [0.717, 1.165) is 6.42 Å². The first-order chi connectivity index (χ1) is 11.4. The number of hydrogen-bond donors (Lipinski definition) is 2. The van der Waals surface area contributed by atoms with E-state index >= 15 is 0 Å². The largest absolute Gasteiger partial charge is 0.356 e. The van der Waals surface area contributed by atoms with Gasteiger partial charge >= 0.3 is 0 Å². The topological polar surface area (TPSA) is 95.6 Å². The van der Waals surface area contributed by atoms with Gasteiger partial charge in [0.15, 0.2) is 0 Å². The molecule has 0 saturated carbocycles. The Balaban J connectivity index is 1.86. The number of carbonyl (C=O) groups excluding carboxylic acids is 2. The smallest absolute Gasteiger partial charge is 0.251 e. The highest BCUT2D eigenvalue weighted by molar-refractivity contribution is 7.93. The van der Waals surface area contributed by atoms with Crippen LogP contribution in [0.1, 0.15) is 36.5 Å². The summed E-state index contributed by atoms with van der Waals surface area (Å²) < 4.78 is 25.1. The molecule has 8 heteroatoms. The van der Waals surface area contributed by atoms with Gasteiger partial charge < -0.3 is 10.6 Å². The van der Waals surface area contributed by atoms with Crippen LogP contribution in [-0.2, 0) is 14.8 Å². The van der Waals surface area contributed by atoms with E-state index < -0.39 is 10.0 Å². The highest BCUT2D eigenvalue weighted by Crippen LogP contribution is 2.24. The third kappa shape index (κ3) is 4.70. The fourth-order valence-electron chi connectivity index (χ4n) is 2.45. The molecule has 2 amide bonds. The van der Waals surface area contributed by atoms with Gasteiger partial charge in [0.05, 0.1) is 11.4 Å². The van der Waals surface area contributed by atoms with Crippen LogP contribution in [0.25, 0.3) is 0 Å². The summed E-state index contributed by atoms with van der Waals surface area (Å²) in [5.41, 5.74) is 1.01. The molecule has 132 valence electrons. The van der Waals surface area contributed by atoms with Crippen molar-refractivity contribution in [1.29, 1.82) is 0 Å². The van der Waals surface area contributed by atoms with Crippen LogP contribution in [0.5, 0.6) is 0 Å². The first-order valence-electron chi connectivity index (χ1n) is 8.09. The van der Waals surface area contributed by atoms with Crippen molar-refractivity contribution in [3.8, 4) is 0 Å². The second-order valence-electron chi connectivity index (χ2n) is 5.64. The maximum Gasteiger partial charge on any atom is 0.251 e. The lowest BCUT2D eigenvalue weighted by molar-refractivity contribution is -0.120. The molecule has 0 aromatic heterocycles. The lowest BCUT2D eigenvalue weighted by atomic mass is 10.2. The summed E-state index contributed by atoms with van der Waals surface area (Å²) in [7, 11) is -3.22. The number of carbonyl (C=O) groups is 2. The minimum Gasteiger partial charge on any atom is -0.356 e. The number of rotatable bonds is 7. The third-order valence-corrected chi connectivity index (χ3v) is 5.60. The molecule has 0 aliphatic carbocycles. The van der Waals surface area contributed by atoms with Crippen molar-refractivity contribution in [2.24, 2.45) is 0 Å². The van der Waals surface area contributed by atoms with E-state index in [-0.39, 0.29) is 30.5 Å². The molecule has 1 aromatic rings. The summed E-state index contributed by atoms with van der Waals surface area (Å²) >= 11 is 0. The van der Waals surface area contributed by atoms with E-state index in [0.29, 0.717) is 30.8 Å². The van der Waals surface area contributed by atoms with Crippen molar-refractivity contribution in [1.82, 2.24) is 10.6 Å². The first-order valence-corrected chi connectivity index (χ1v) is 9.70. The van der Waals surface area contributed by atoms with Crippen molar-refractivity contribution in [3.05, 3.63) is 29.8 Å². The number of sulfonamides is 1. The fraction of sp³-hybridized carbons (Fsp3) is 0.500. The zero-order chi connectivity index (χ0) is 17.6. The molecular formula is C16H23N3O4S. The molecule has 7 nitrogen and oxygen atoms in total. The molecular weight excluding hydrogens is 330 g/mol. The zero-order valence-corrected chi connectivity index (χ0v) is 14.6. The Labute approximate surface area is 142 Å². The molecule has 0 spiro atoms. The Hall–Kier alpha value is -2.09. The van der Waals surface area contributed by atoms with Gasteiger partial charge in [0.2, 0.25) is 15.9 Å². The van der Waals surface area contributed by atoms with E-state index in [4.69, 9.17) is 0 Å². The van der Waals surface area contributed by atoms with Crippen LogP contribution in [0, 0.1) is 0 Å². The second kappa shape index (κ2) is 8.14. The van der Waals surface area contributed by atoms with Crippen LogP contribution < -0.4 is 14.9 Å². The average Bonchev–Trinajstić information content (AvgIpc) is 2.92. The van der Waals surface area contributed by atoms with Crippen LogP contribution >= 0.6 is 0 Å². The molecule has 0 unspecified atom stereocenters. The van der Waals surface area contributed by atoms with E-state index in [2.05, 4.69) is 10.6 Å². The molecule has 1 heterocycles. The van der Waals surface area contributed by atoms with Crippen LogP contribution in [0.2, 0.25) is 0 Å². The summed E-state index contributed by atoms with van der Waals surface area (Å²) in [5.74, 6) is -0.212. The maximum atomic E-state index is 12.0. The highest BCUT2D eigenvalue weighted by atomic mass is 32.2. The molecule has 24 heavy (non-hydrogen) atoms. The molecule has 0 atom stereocenters. The summed E-state index contributed by atoms with van der Waals surface area (Å²) in [6.07, 6.45) is 1.72. The van der Waals surface area contributed by atoms with Crippen molar-refractivity contribution in [2.75, 3.05) is 29.7 Å². The molecule has 1 fully saturated rings. The predicted octanol–water partition coefficient (Wildman–Crippen LogP) is 0.873. The van der Waals surface area contributed by atoms with Gasteiger partial charge in [-0.25, -0.2) is 8.42 Å². The van der Waals surface area contributed by atoms with E-state index in [1.54, 1.807) is 24.3 Å². The minimum absolute atomic E-state index is 0.0910. The molecule has 0 bridgehead atoms. The summed E-state index contributed by atoms with van der Waals surface area (Å²) in [6.45, 7) is 3.34. The quantitative estimate of drug-likeness (QED) is 0.760. The second-order valence-corrected chi connectivity index (χ2v) is 7.66. The molecule has 1 aromatic carbocycles. The van der Waals surface area contributed by atoms with Gasteiger partial charge in [-0.2, -0.15) is 0 Å². The normalized spacial score (nSPS) is 16.0. The third-order valence-electron chi connectivity index (χ3n) is 3.73. The Morgan fingerprint density at radius 2 is 1.83 bits per heavy atom. The fourth-order valence-corrected chi connectivity index (χ4v) is 4.02. The SMILES string of the molecule is CCCNC(=O)CCNC(=O)c1ccc(N2CCCS2(=O)=O)cc1. The van der Waals surface area contributed by atoms with Crippen molar-refractivity contribution >= 4 is 27.5 Å². The van der Waals surface area contributed by atoms with E-state index in [1.165, 1.54) is 4.31 Å². The Kier molecular flexibility index (Phi) is 6.19. The molecule has 0 radical (unpaired) electrons. The zero-order valence-electron chi connectivity index (χ0n) is 13.7. The first kappa shape index (κ1) is 18.3. The van der Waals surface area contributed by atoms with Gasteiger partial charge in [-0.1, -0.05) is 6.92 Å². The number of amides is 2. The van der Waals surface area contributed by atoms with Gasteiger partial charge in [0, 0.05) is 31.6 Å². The average molecular weight is 353 g/mol. The maximum absolute atomic E-state index is 12.0. The summed E-state index contributed by atoms with van der Waals surface area (Å²) in [6, 6.07) is 6.45. The number of benzene rings is 1. The van der Waals surface area contributed by atoms with Crippen LogP contribution in [0.3, 0.4) is 0 Å². The lowest BCUT2D eigenvalue weighted by Gasteiger charge is -2.17. The van der Waals surface area contributed by atoms with Crippen molar-refractivity contribution in [2.45, 2.75) is 26.2 Å². The van der Waals surface area contributed by atoms with Gasteiger partial charge in [-0.05, 0) is 37.1 Å². The van der Waals surface area contributed by atoms with Crippen molar-refractivity contribution in [3.63, 3.8) is 0 Å². The van der Waals surface area contributed by atoms with Crippen LogP contribution in [-0.4, -0.2) is 45.6 Å². The van der Waals surface area contributed by atoms with Gasteiger partial charge in [-0.15, -0.1) is 0 Å². The Bertz CT molecular complexity index is 686. The van der Waals surface area contributed by atoms with Crippen LogP contribution in [0.4, 0.5) is 5.69 Å². The minimum atomic E-state index is -3.22. The number of hydrogen-bond acceptors (Lipinski definition) is 4. The predicted molar refractivity (Wildman–Crippen MR) is 92.4 cm³/mol. The number of anilines is 1. The Morgan fingerprint density at radius 3 is 2.42 bits per heavy atom. The molecule has 2 N–H and O–H groups in total. The molecule has 1 aliphatic heterocycles. The van der Waals surface area contributed by atoms with E-state index in [1.807, 2.05) is 6.92 Å². The Morgan fingerprint density at radius 1 is 1.12 bits per heavy atom. The monoisotopic (exact) mass is 353 g/mol. The molecule has 2 rings (SSSR count). The number of nitrogens with one attached hydrogen (secondary N) is 2. The lowest BCUT2D eigenvalue weighted by Crippen LogP contribution is -2.31. The van der Waals surface area contributed by atoms with Gasteiger partial charge in [0.1, 0.15) is 0 Å². The summed E-state index contributed by atoms with van der Waals surface area (Å²) in [4.78, 5) is 23.5. The summed E-state index contributed by atoms with van der Waals surface area (Å²) in [5, 5.41) is 5.42. The van der Waals surface area contributed by atoms with Crippen LogP contribution in [0.15, 0.2) is 24.3 Å². The molecule has 1 saturated heterocycles.